The van der Waals surface area contributed by atoms with Crippen LogP contribution in [-0.4, -0.2) is 50.4 Å². The predicted octanol–water partition coefficient (Wildman–Crippen LogP) is 2.85. The van der Waals surface area contributed by atoms with Crippen LogP contribution in [0.2, 0.25) is 0 Å². The van der Waals surface area contributed by atoms with Gasteiger partial charge in [-0.1, -0.05) is 31.5 Å². The van der Waals surface area contributed by atoms with Crippen molar-refractivity contribution in [3.63, 3.8) is 0 Å². The molecule has 182 valence electrons. The highest BCUT2D eigenvalue weighted by Gasteiger charge is 2.24. The molecule has 0 saturated heterocycles. The van der Waals surface area contributed by atoms with Gasteiger partial charge in [0.05, 0.1) is 19.9 Å². The number of hydrazone groups is 1. The van der Waals surface area contributed by atoms with Crippen molar-refractivity contribution < 1.29 is 28.6 Å². The molecule has 0 aliphatic rings. The molecular formula is C25H31N3O6. The molecule has 9 nitrogen and oxygen atoms in total. The number of carbonyl (C=O) groups is 3. The lowest BCUT2D eigenvalue weighted by Gasteiger charge is -2.20. The van der Waals surface area contributed by atoms with Gasteiger partial charge in [-0.2, -0.15) is 5.10 Å². The molecule has 2 N–H and O–H groups in total. The topological polar surface area (TPSA) is 115 Å². The van der Waals surface area contributed by atoms with Crippen LogP contribution in [0.25, 0.3) is 0 Å². The van der Waals surface area contributed by atoms with E-state index in [1.54, 1.807) is 30.3 Å². The SMILES string of the molecule is CCOc1cc(/C=N\NC(=O)C(NC(=O)c2ccc(C)cc2)C(C)C)ccc1OCC(=O)OC. The summed E-state index contributed by atoms with van der Waals surface area (Å²) in [6.45, 7) is 7.58. The van der Waals surface area contributed by atoms with Crippen LogP contribution in [0.15, 0.2) is 47.6 Å². The van der Waals surface area contributed by atoms with Crippen LogP contribution < -0.4 is 20.2 Å². The van der Waals surface area contributed by atoms with E-state index in [9.17, 15) is 14.4 Å². The van der Waals surface area contributed by atoms with Crippen LogP contribution >= 0.6 is 0 Å². The first-order valence-corrected chi connectivity index (χ1v) is 10.9. The van der Waals surface area contributed by atoms with Gasteiger partial charge in [0.25, 0.3) is 11.8 Å². The zero-order chi connectivity index (χ0) is 25.1. The van der Waals surface area contributed by atoms with Crippen molar-refractivity contribution >= 4 is 24.0 Å². The minimum absolute atomic E-state index is 0.152. The standard InChI is InChI=1S/C25H31N3O6/c1-6-33-21-13-18(9-12-20(21)34-15-22(29)32-5)14-26-28-25(31)23(16(2)3)27-24(30)19-10-7-17(4)8-11-19/h7-14,16,23H,6,15H2,1-5H3,(H,27,30)(H,28,31)/b26-14-. The zero-order valence-electron chi connectivity index (χ0n) is 20.1. The number of hydrogen-bond acceptors (Lipinski definition) is 7. The maximum atomic E-state index is 12.7. The summed E-state index contributed by atoms with van der Waals surface area (Å²) in [5.74, 6) is -0.624. The van der Waals surface area contributed by atoms with Crippen molar-refractivity contribution in [1.82, 2.24) is 10.7 Å². The zero-order valence-corrected chi connectivity index (χ0v) is 20.1. The molecule has 0 spiro atoms. The number of carbonyl (C=O) groups excluding carboxylic acids is 3. The van der Waals surface area contributed by atoms with E-state index in [1.807, 2.05) is 39.8 Å². The lowest BCUT2D eigenvalue weighted by molar-refractivity contribution is -0.142. The highest BCUT2D eigenvalue weighted by molar-refractivity contribution is 5.97. The Balaban J connectivity index is 2.04. The summed E-state index contributed by atoms with van der Waals surface area (Å²) in [6, 6.07) is 11.3. The van der Waals surface area contributed by atoms with E-state index < -0.39 is 17.9 Å². The molecule has 2 rings (SSSR count). The number of ether oxygens (including phenoxy) is 3. The summed E-state index contributed by atoms with van der Waals surface area (Å²) in [5.41, 5.74) is 4.63. The van der Waals surface area contributed by atoms with Gasteiger partial charge in [-0.15, -0.1) is 0 Å². The van der Waals surface area contributed by atoms with Crippen molar-refractivity contribution in [2.45, 2.75) is 33.7 Å². The molecule has 0 saturated carbocycles. The molecule has 1 unspecified atom stereocenters. The quantitative estimate of drug-likeness (QED) is 0.297. The average molecular weight is 470 g/mol. The van der Waals surface area contributed by atoms with E-state index in [4.69, 9.17) is 9.47 Å². The van der Waals surface area contributed by atoms with E-state index >= 15 is 0 Å². The van der Waals surface area contributed by atoms with Crippen LogP contribution in [0.5, 0.6) is 11.5 Å². The van der Waals surface area contributed by atoms with Gasteiger partial charge in [0.2, 0.25) is 0 Å². The van der Waals surface area contributed by atoms with Crippen LogP contribution in [0, 0.1) is 12.8 Å². The molecule has 2 aromatic carbocycles. The molecule has 34 heavy (non-hydrogen) atoms. The third kappa shape index (κ3) is 7.91. The second kappa shape index (κ2) is 13.0. The normalized spacial score (nSPS) is 11.7. The van der Waals surface area contributed by atoms with E-state index in [0.717, 1.165) is 5.56 Å². The summed E-state index contributed by atoms with van der Waals surface area (Å²) in [4.78, 5) is 36.5. The third-order valence-corrected chi connectivity index (χ3v) is 4.78. The Bertz CT molecular complexity index is 1020. The monoisotopic (exact) mass is 469 g/mol. The summed E-state index contributed by atoms with van der Waals surface area (Å²) in [7, 11) is 1.28. The van der Waals surface area contributed by atoms with Crippen LogP contribution in [-0.2, 0) is 14.3 Å². The van der Waals surface area contributed by atoms with Crippen molar-refractivity contribution in [3.05, 3.63) is 59.2 Å². The predicted molar refractivity (Wildman–Crippen MR) is 128 cm³/mol. The number of amides is 2. The lowest BCUT2D eigenvalue weighted by Crippen LogP contribution is -2.48. The molecule has 1 atom stereocenters. The Morgan fingerprint density at radius 2 is 1.74 bits per heavy atom. The smallest absolute Gasteiger partial charge is 0.343 e. The highest BCUT2D eigenvalue weighted by atomic mass is 16.6. The summed E-state index contributed by atoms with van der Waals surface area (Å²) < 4.78 is 15.6. The number of methoxy groups -OCH3 is 1. The fourth-order valence-corrected chi connectivity index (χ4v) is 2.89. The Kier molecular flexibility index (Phi) is 10.1. The van der Waals surface area contributed by atoms with Gasteiger partial charge in [0.15, 0.2) is 18.1 Å². The number of benzene rings is 2. The second-order valence-corrected chi connectivity index (χ2v) is 7.80. The van der Waals surface area contributed by atoms with Crippen LogP contribution in [0.4, 0.5) is 0 Å². The summed E-state index contributed by atoms with van der Waals surface area (Å²) >= 11 is 0. The molecule has 2 aromatic rings. The first-order chi connectivity index (χ1) is 16.2. The number of nitrogens with one attached hydrogen (secondary N) is 2. The fraction of sp³-hybridized carbons (Fsp3) is 0.360. The van der Waals surface area contributed by atoms with Gasteiger partial charge >= 0.3 is 5.97 Å². The van der Waals surface area contributed by atoms with Gasteiger partial charge in [-0.3, -0.25) is 9.59 Å². The molecule has 0 aliphatic carbocycles. The summed E-state index contributed by atoms with van der Waals surface area (Å²) in [5, 5.41) is 6.77. The molecule has 2 amide bonds. The lowest BCUT2D eigenvalue weighted by atomic mass is 10.0. The van der Waals surface area contributed by atoms with Crippen molar-refractivity contribution in [1.29, 1.82) is 0 Å². The van der Waals surface area contributed by atoms with Gasteiger partial charge in [0.1, 0.15) is 6.04 Å². The maximum Gasteiger partial charge on any atom is 0.343 e. The Labute approximate surface area is 199 Å². The van der Waals surface area contributed by atoms with Gasteiger partial charge in [-0.25, -0.2) is 10.2 Å². The average Bonchev–Trinajstić information content (AvgIpc) is 2.81. The largest absolute Gasteiger partial charge is 0.490 e. The van der Waals surface area contributed by atoms with Gasteiger partial charge in [-0.05, 0) is 55.7 Å². The Morgan fingerprint density at radius 3 is 2.35 bits per heavy atom. The minimum atomic E-state index is -0.765. The third-order valence-electron chi connectivity index (χ3n) is 4.78. The fourth-order valence-electron chi connectivity index (χ4n) is 2.89. The van der Waals surface area contributed by atoms with E-state index in [-0.39, 0.29) is 18.4 Å². The molecule has 0 bridgehead atoms. The molecular weight excluding hydrogens is 438 g/mol. The molecule has 0 radical (unpaired) electrons. The van der Waals surface area contributed by atoms with Crippen LogP contribution in [0.3, 0.4) is 0 Å². The van der Waals surface area contributed by atoms with Crippen molar-refractivity contribution in [3.8, 4) is 11.5 Å². The van der Waals surface area contributed by atoms with E-state index in [0.29, 0.717) is 29.2 Å². The minimum Gasteiger partial charge on any atom is -0.490 e. The number of hydrogen-bond donors (Lipinski definition) is 2. The molecule has 9 heteroatoms. The number of aryl methyl sites for hydroxylation is 1. The summed E-state index contributed by atoms with van der Waals surface area (Å²) in [6.07, 6.45) is 1.45. The van der Waals surface area contributed by atoms with Gasteiger partial charge in [0, 0.05) is 5.56 Å². The Hall–Kier alpha value is -3.88. The van der Waals surface area contributed by atoms with Gasteiger partial charge < -0.3 is 19.5 Å². The van der Waals surface area contributed by atoms with E-state index in [1.165, 1.54) is 13.3 Å². The Morgan fingerprint density at radius 1 is 1.03 bits per heavy atom. The molecule has 0 heterocycles. The van der Waals surface area contributed by atoms with E-state index in [2.05, 4.69) is 20.6 Å². The van der Waals surface area contributed by atoms with Crippen LogP contribution in [0.1, 0.15) is 42.3 Å². The number of nitrogens with zero attached hydrogens (tertiary/aromatic N) is 1. The first-order valence-electron chi connectivity index (χ1n) is 10.9. The molecule has 0 aromatic heterocycles. The number of esters is 1. The maximum absolute atomic E-state index is 12.7. The first kappa shape index (κ1) is 26.4. The molecule has 0 fully saturated rings. The van der Waals surface area contributed by atoms with Crippen molar-refractivity contribution in [2.24, 2.45) is 11.0 Å². The second-order valence-electron chi connectivity index (χ2n) is 7.80. The highest BCUT2D eigenvalue weighted by Crippen LogP contribution is 2.28. The van der Waals surface area contributed by atoms with Crippen molar-refractivity contribution in [2.75, 3.05) is 20.3 Å². The molecule has 0 aliphatic heterocycles. The number of rotatable bonds is 11.